The van der Waals surface area contributed by atoms with Crippen molar-refractivity contribution in [3.05, 3.63) is 57.0 Å². The molecular weight excluding hydrogens is 394 g/mol. The third-order valence-corrected chi connectivity index (χ3v) is 4.23. The fourth-order valence-corrected chi connectivity index (χ4v) is 2.89. The molecule has 0 aliphatic heterocycles. The summed E-state index contributed by atoms with van der Waals surface area (Å²) in [6.07, 6.45) is 0.734. The normalized spacial score (nSPS) is 10.3. The lowest BCUT2D eigenvalue weighted by Gasteiger charge is -2.13. The first-order chi connectivity index (χ1) is 11.5. The third-order valence-electron chi connectivity index (χ3n) is 3.39. The van der Waals surface area contributed by atoms with Crippen LogP contribution in [0, 0.1) is 0 Å². The average Bonchev–Trinajstić information content (AvgIpc) is 2.58. The van der Waals surface area contributed by atoms with Crippen LogP contribution in [-0.4, -0.2) is 26.2 Å². The summed E-state index contributed by atoms with van der Waals surface area (Å²) in [5.41, 5.74) is 1.63. The van der Waals surface area contributed by atoms with Gasteiger partial charge in [-0.2, -0.15) is 0 Å². The molecule has 2 aromatic carbocycles. The smallest absolute Gasteiger partial charge is 0.251 e. The molecule has 0 aromatic heterocycles. The van der Waals surface area contributed by atoms with E-state index >= 15 is 0 Å². The van der Waals surface area contributed by atoms with Crippen LogP contribution in [0.5, 0.6) is 11.5 Å². The predicted octanol–water partition coefficient (Wildman–Crippen LogP) is 4.48. The van der Waals surface area contributed by atoms with E-state index in [0.29, 0.717) is 39.7 Å². The first-order valence-electron chi connectivity index (χ1n) is 7.58. The second-order valence-corrected chi connectivity index (χ2v) is 6.35. The molecule has 0 fully saturated rings. The fourth-order valence-electron chi connectivity index (χ4n) is 2.21. The molecule has 0 heterocycles. The van der Waals surface area contributed by atoms with E-state index in [0.717, 1.165) is 12.0 Å². The number of amides is 1. The number of hydrogen-bond donors (Lipinski definition) is 1. The molecule has 0 unspecified atom stereocenters. The standard InChI is InChI=1S/C18H19BrClNO3/c1-3-24-17-15(19)10-13(11-16(17)23-2)18(22)21-9-8-12-4-6-14(20)7-5-12/h4-7,10-11H,3,8-9H2,1-2H3,(H,21,22). The van der Waals surface area contributed by atoms with Crippen LogP contribution in [0.15, 0.2) is 40.9 Å². The highest BCUT2D eigenvalue weighted by Gasteiger charge is 2.15. The lowest BCUT2D eigenvalue weighted by molar-refractivity contribution is 0.0953. The van der Waals surface area contributed by atoms with Crippen molar-refractivity contribution in [2.75, 3.05) is 20.3 Å². The molecule has 24 heavy (non-hydrogen) atoms. The van der Waals surface area contributed by atoms with Crippen LogP contribution >= 0.6 is 27.5 Å². The maximum Gasteiger partial charge on any atom is 0.251 e. The van der Waals surface area contributed by atoms with Gasteiger partial charge in [0.25, 0.3) is 5.91 Å². The molecule has 0 radical (unpaired) electrons. The number of carbonyl (C=O) groups excluding carboxylic acids is 1. The summed E-state index contributed by atoms with van der Waals surface area (Å²) in [6.45, 7) is 2.94. The van der Waals surface area contributed by atoms with Gasteiger partial charge in [0, 0.05) is 17.1 Å². The highest BCUT2D eigenvalue weighted by Crippen LogP contribution is 2.36. The van der Waals surface area contributed by atoms with Crippen molar-refractivity contribution < 1.29 is 14.3 Å². The van der Waals surface area contributed by atoms with Gasteiger partial charge < -0.3 is 14.8 Å². The van der Waals surface area contributed by atoms with Gasteiger partial charge in [-0.05, 0) is 59.1 Å². The van der Waals surface area contributed by atoms with Gasteiger partial charge in [0.15, 0.2) is 11.5 Å². The Hall–Kier alpha value is -1.72. The topological polar surface area (TPSA) is 47.6 Å². The average molecular weight is 413 g/mol. The van der Waals surface area contributed by atoms with Crippen molar-refractivity contribution in [3.63, 3.8) is 0 Å². The van der Waals surface area contributed by atoms with E-state index in [2.05, 4.69) is 21.2 Å². The monoisotopic (exact) mass is 411 g/mol. The number of nitrogens with one attached hydrogen (secondary N) is 1. The highest BCUT2D eigenvalue weighted by molar-refractivity contribution is 9.10. The zero-order valence-corrected chi connectivity index (χ0v) is 15.9. The Kier molecular flexibility index (Phi) is 6.94. The minimum Gasteiger partial charge on any atom is -0.493 e. The lowest BCUT2D eigenvalue weighted by atomic mass is 10.1. The molecule has 2 rings (SSSR count). The molecular formula is C18H19BrClNO3. The van der Waals surface area contributed by atoms with E-state index in [-0.39, 0.29) is 5.91 Å². The van der Waals surface area contributed by atoms with Gasteiger partial charge in [-0.1, -0.05) is 23.7 Å². The van der Waals surface area contributed by atoms with E-state index in [9.17, 15) is 4.79 Å². The van der Waals surface area contributed by atoms with Crippen molar-refractivity contribution in [2.45, 2.75) is 13.3 Å². The molecule has 0 atom stereocenters. The Bertz CT molecular complexity index is 704. The Morgan fingerprint density at radius 2 is 1.96 bits per heavy atom. The minimum absolute atomic E-state index is 0.161. The fraction of sp³-hybridized carbons (Fsp3) is 0.278. The summed E-state index contributed by atoms with van der Waals surface area (Å²) in [6, 6.07) is 11.0. The highest BCUT2D eigenvalue weighted by atomic mass is 79.9. The van der Waals surface area contributed by atoms with Crippen molar-refractivity contribution >= 4 is 33.4 Å². The Morgan fingerprint density at radius 1 is 1.25 bits per heavy atom. The summed E-state index contributed by atoms with van der Waals surface area (Å²) >= 11 is 9.28. The van der Waals surface area contributed by atoms with Gasteiger partial charge in [-0.3, -0.25) is 4.79 Å². The van der Waals surface area contributed by atoms with Crippen molar-refractivity contribution in [2.24, 2.45) is 0 Å². The minimum atomic E-state index is -0.161. The maximum atomic E-state index is 12.3. The van der Waals surface area contributed by atoms with E-state index in [1.165, 1.54) is 0 Å². The number of rotatable bonds is 7. The van der Waals surface area contributed by atoms with E-state index < -0.39 is 0 Å². The van der Waals surface area contributed by atoms with Gasteiger partial charge in [0.1, 0.15) is 0 Å². The number of halogens is 2. The molecule has 0 bridgehead atoms. The first-order valence-corrected chi connectivity index (χ1v) is 8.75. The van der Waals surface area contributed by atoms with E-state index in [1.54, 1.807) is 19.2 Å². The molecule has 6 heteroatoms. The zero-order valence-electron chi connectivity index (χ0n) is 13.6. The van der Waals surface area contributed by atoms with E-state index in [4.69, 9.17) is 21.1 Å². The second-order valence-electron chi connectivity index (χ2n) is 5.05. The predicted molar refractivity (Wildman–Crippen MR) is 99.4 cm³/mol. The van der Waals surface area contributed by atoms with Crippen LogP contribution in [-0.2, 0) is 6.42 Å². The van der Waals surface area contributed by atoms with Crippen LogP contribution in [0.2, 0.25) is 5.02 Å². The number of hydrogen-bond acceptors (Lipinski definition) is 3. The Morgan fingerprint density at radius 3 is 2.58 bits per heavy atom. The summed E-state index contributed by atoms with van der Waals surface area (Å²) in [5, 5.41) is 3.61. The summed E-state index contributed by atoms with van der Waals surface area (Å²) in [7, 11) is 1.55. The first kappa shape index (κ1) is 18.6. The molecule has 0 aliphatic rings. The van der Waals surface area contributed by atoms with E-state index in [1.807, 2.05) is 31.2 Å². The van der Waals surface area contributed by atoms with Gasteiger partial charge in [0.05, 0.1) is 18.2 Å². The molecule has 0 spiro atoms. The number of ether oxygens (including phenoxy) is 2. The zero-order chi connectivity index (χ0) is 17.5. The number of methoxy groups -OCH3 is 1. The molecule has 0 saturated heterocycles. The van der Waals surface area contributed by atoms with Gasteiger partial charge in [-0.15, -0.1) is 0 Å². The molecule has 128 valence electrons. The molecule has 1 N–H and O–H groups in total. The lowest BCUT2D eigenvalue weighted by Crippen LogP contribution is -2.25. The van der Waals surface area contributed by atoms with Crippen molar-refractivity contribution in [3.8, 4) is 11.5 Å². The summed E-state index contributed by atoms with van der Waals surface area (Å²) in [5.74, 6) is 0.956. The van der Waals surface area contributed by atoms with Crippen LogP contribution in [0.25, 0.3) is 0 Å². The summed E-state index contributed by atoms with van der Waals surface area (Å²) in [4.78, 5) is 12.3. The molecule has 1 amide bonds. The largest absolute Gasteiger partial charge is 0.493 e. The summed E-state index contributed by atoms with van der Waals surface area (Å²) < 4.78 is 11.5. The third kappa shape index (κ3) is 4.89. The van der Waals surface area contributed by atoms with Crippen LogP contribution in [0.3, 0.4) is 0 Å². The van der Waals surface area contributed by atoms with Gasteiger partial charge in [-0.25, -0.2) is 0 Å². The Labute approximate surface area is 155 Å². The molecule has 0 saturated carbocycles. The van der Waals surface area contributed by atoms with Crippen molar-refractivity contribution in [1.29, 1.82) is 0 Å². The second kappa shape index (κ2) is 8.94. The SMILES string of the molecule is CCOc1c(Br)cc(C(=O)NCCc2ccc(Cl)cc2)cc1OC. The van der Waals surface area contributed by atoms with Crippen LogP contribution in [0.1, 0.15) is 22.8 Å². The van der Waals surface area contributed by atoms with Crippen LogP contribution in [0.4, 0.5) is 0 Å². The molecule has 2 aromatic rings. The van der Waals surface area contributed by atoms with Crippen molar-refractivity contribution in [1.82, 2.24) is 5.32 Å². The molecule has 0 aliphatic carbocycles. The maximum absolute atomic E-state index is 12.3. The van der Waals surface area contributed by atoms with Crippen LogP contribution < -0.4 is 14.8 Å². The van der Waals surface area contributed by atoms with Gasteiger partial charge >= 0.3 is 0 Å². The number of carbonyl (C=O) groups is 1. The Balaban J connectivity index is 2.01. The molecule has 4 nitrogen and oxygen atoms in total. The van der Waals surface area contributed by atoms with Gasteiger partial charge in [0.2, 0.25) is 0 Å². The quantitative estimate of drug-likeness (QED) is 0.729. The number of benzene rings is 2.